The van der Waals surface area contributed by atoms with Gasteiger partial charge in [0.05, 0.1) is 33.1 Å². The molecule has 1 aliphatic heterocycles. The molecule has 0 N–H and O–H groups in total. The minimum atomic E-state index is -0.422. The van der Waals surface area contributed by atoms with E-state index in [-0.39, 0.29) is 12.5 Å². The molecule has 0 unspecified atom stereocenters. The predicted molar refractivity (Wildman–Crippen MR) is 97.2 cm³/mol. The molecule has 0 bridgehead atoms. The first kappa shape index (κ1) is 18.8. The van der Waals surface area contributed by atoms with Crippen LogP contribution in [0.2, 0.25) is 0 Å². The molecule has 0 radical (unpaired) electrons. The van der Waals surface area contributed by atoms with Crippen LogP contribution in [0, 0.1) is 0 Å². The molecule has 1 aromatic carbocycles. The lowest BCUT2D eigenvalue weighted by Gasteiger charge is -2.27. The van der Waals surface area contributed by atoms with Crippen LogP contribution in [0.5, 0.6) is 11.5 Å². The fraction of sp³-hybridized carbons (Fsp3) is 0.421. The van der Waals surface area contributed by atoms with E-state index < -0.39 is 5.97 Å². The fourth-order valence-electron chi connectivity index (χ4n) is 3.28. The molecule has 0 aliphatic carbocycles. The van der Waals surface area contributed by atoms with Gasteiger partial charge in [0.2, 0.25) is 0 Å². The Morgan fingerprint density at radius 2 is 1.93 bits per heavy atom. The number of rotatable bonds is 5. The van der Waals surface area contributed by atoms with Gasteiger partial charge in [-0.2, -0.15) is 5.10 Å². The van der Waals surface area contributed by atoms with Crippen molar-refractivity contribution in [2.45, 2.75) is 19.9 Å². The van der Waals surface area contributed by atoms with E-state index >= 15 is 0 Å². The van der Waals surface area contributed by atoms with Crippen molar-refractivity contribution in [1.82, 2.24) is 14.7 Å². The number of benzene rings is 1. The standard InChI is InChI=1S/C19H23N3O5/c1-5-27-19(24)17-13-11-22(9-8-14(13)20-21(17)2)18(23)12-6-7-15(25-3)16(10-12)26-4/h6-7,10H,5,8-9,11H2,1-4H3. The molecule has 0 spiro atoms. The third-order valence-electron chi connectivity index (χ3n) is 4.58. The highest BCUT2D eigenvalue weighted by atomic mass is 16.5. The van der Waals surface area contributed by atoms with E-state index in [2.05, 4.69) is 5.10 Å². The quantitative estimate of drug-likeness (QED) is 0.744. The van der Waals surface area contributed by atoms with Crippen LogP contribution in [0.3, 0.4) is 0 Å². The number of fused-ring (bicyclic) bond motifs is 1. The van der Waals surface area contributed by atoms with Crippen molar-refractivity contribution in [3.63, 3.8) is 0 Å². The minimum absolute atomic E-state index is 0.139. The number of nitrogens with zero attached hydrogens (tertiary/aromatic N) is 3. The average Bonchev–Trinajstić information content (AvgIpc) is 3.01. The van der Waals surface area contributed by atoms with Crippen molar-refractivity contribution in [3.05, 3.63) is 40.7 Å². The van der Waals surface area contributed by atoms with Crippen LogP contribution in [0.1, 0.15) is 39.0 Å². The van der Waals surface area contributed by atoms with Crippen LogP contribution in [0.4, 0.5) is 0 Å². The van der Waals surface area contributed by atoms with Gasteiger partial charge >= 0.3 is 5.97 Å². The van der Waals surface area contributed by atoms with E-state index in [4.69, 9.17) is 14.2 Å². The van der Waals surface area contributed by atoms with Gasteiger partial charge in [-0.15, -0.1) is 0 Å². The van der Waals surface area contributed by atoms with Gasteiger partial charge < -0.3 is 19.1 Å². The van der Waals surface area contributed by atoms with Crippen LogP contribution < -0.4 is 9.47 Å². The summed E-state index contributed by atoms with van der Waals surface area (Å²) in [7, 11) is 4.79. The van der Waals surface area contributed by atoms with E-state index in [9.17, 15) is 9.59 Å². The zero-order chi connectivity index (χ0) is 19.6. The molecule has 0 saturated heterocycles. The van der Waals surface area contributed by atoms with Gasteiger partial charge in [-0.05, 0) is 25.1 Å². The van der Waals surface area contributed by atoms with Gasteiger partial charge in [0.15, 0.2) is 17.2 Å². The molecule has 2 aromatic rings. The number of ether oxygens (including phenoxy) is 3. The number of hydrogen-bond acceptors (Lipinski definition) is 6. The number of methoxy groups -OCH3 is 2. The molecule has 0 saturated carbocycles. The lowest BCUT2D eigenvalue weighted by atomic mass is 10.0. The summed E-state index contributed by atoms with van der Waals surface area (Å²) in [5.74, 6) is 0.496. The highest BCUT2D eigenvalue weighted by Gasteiger charge is 2.30. The Kier molecular flexibility index (Phi) is 5.34. The highest BCUT2D eigenvalue weighted by molar-refractivity contribution is 5.95. The first-order chi connectivity index (χ1) is 13.0. The van der Waals surface area contributed by atoms with Crippen LogP contribution in [0.25, 0.3) is 0 Å². The highest BCUT2D eigenvalue weighted by Crippen LogP contribution is 2.29. The summed E-state index contributed by atoms with van der Waals surface area (Å²) in [5, 5.41) is 4.41. The van der Waals surface area contributed by atoms with Crippen molar-refractivity contribution < 1.29 is 23.8 Å². The monoisotopic (exact) mass is 373 g/mol. The van der Waals surface area contributed by atoms with E-state index in [1.54, 1.807) is 44.2 Å². The van der Waals surface area contributed by atoms with Gasteiger partial charge in [-0.25, -0.2) is 4.79 Å². The van der Waals surface area contributed by atoms with E-state index in [1.807, 2.05) is 0 Å². The van der Waals surface area contributed by atoms with Gasteiger partial charge in [-0.3, -0.25) is 9.48 Å². The van der Waals surface area contributed by atoms with Crippen LogP contribution in [0.15, 0.2) is 18.2 Å². The molecule has 8 heteroatoms. The van der Waals surface area contributed by atoms with Gasteiger partial charge in [0.25, 0.3) is 5.91 Å². The number of carbonyl (C=O) groups is 2. The topological polar surface area (TPSA) is 82.9 Å². The van der Waals surface area contributed by atoms with Crippen molar-refractivity contribution in [3.8, 4) is 11.5 Å². The molecule has 3 rings (SSSR count). The average molecular weight is 373 g/mol. The second-order valence-electron chi connectivity index (χ2n) is 6.16. The summed E-state index contributed by atoms with van der Waals surface area (Å²) < 4.78 is 17.2. The molecular formula is C19H23N3O5. The summed E-state index contributed by atoms with van der Waals surface area (Å²) in [6.45, 7) is 2.88. The number of hydrogen-bond donors (Lipinski definition) is 0. The third kappa shape index (κ3) is 3.47. The van der Waals surface area contributed by atoms with Crippen molar-refractivity contribution in [2.75, 3.05) is 27.4 Å². The van der Waals surface area contributed by atoms with Crippen LogP contribution in [-0.4, -0.2) is 53.9 Å². The Bertz CT molecular complexity index is 874. The summed E-state index contributed by atoms with van der Waals surface area (Å²) >= 11 is 0. The van der Waals surface area contributed by atoms with E-state index in [1.165, 1.54) is 11.8 Å². The lowest BCUT2D eigenvalue weighted by molar-refractivity contribution is 0.0508. The number of carbonyl (C=O) groups excluding carboxylic acids is 2. The Morgan fingerprint density at radius 1 is 1.19 bits per heavy atom. The smallest absolute Gasteiger partial charge is 0.356 e. The molecule has 0 atom stereocenters. The Hall–Kier alpha value is -3.03. The molecule has 1 aromatic heterocycles. The maximum atomic E-state index is 13.0. The number of aromatic nitrogens is 2. The summed E-state index contributed by atoms with van der Waals surface area (Å²) in [5.41, 5.74) is 2.47. The van der Waals surface area contributed by atoms with E-state index in [0.717, 1.165) is 11.3 Å². The van der Waals surface area contributed by atoms with Crippen molar-refractivity contribution in [2.24, 2.45) is 7.05 Å². The molecule has 144 valence electrons. The largest absolute Gasteiger partial charge is 0.493 e. The van der Waals surface area contributed by atoms with Crippen molar-refractivity contribution >= 4 is 11.9 Å². The molecule has 8 nitrogen and oxygen atoms in total. The molecule has 0 fully saturated rings. The van der Waals surface area contributed by atoms with Crippen LogP contribution in [-0.2, 0) is 24.8 Å². The lowest BCUT2D eigenvalue weighted by Crippen LogP contribution is -2.36. The molecule has 1 aliphatic rings. The SMILES string of the molecule is CCOC(=O)c1c2c(nn1C)CCN(C(=O)c1ccc(OC)c(OC)c1)C2. The maximum Gasteiger partial charge on any atom is 0.356 e. The van der Waals surface area contributed by atoms with Crippen LogP contribution >= 0.6 is 0 Å². The summed E-state index contributed by atoms with van der Waals surface area (Å²) in [6, 6.07) is 5.07. The normalized spacial score (nSPS) is 13.1. The minimum Gasteiger partial charge on any atom is -0.493 e. The van der Waals surface area contributed by atoms with Crippen molar-refractivity contribution in [1.29, 1.82) is 0 Å². The van der Waals surface area contributed by atoms with E-state index in [0.29, 0.717) is 42.3 Å². The van der Waals surface area contributed by atoms with Gasteiger partial charge in [-0.1, -0.05) is 0 Å². The summed E-state index contributed by atoms with van der Waals surface area (Å²) in [6.07, 6.45) is 0.585. The molecule has 1 amide bonds. The molecule has 27 heavy (non-hydrogen) atoms. The fourth-order valence-corrected chi connectivity index (χ4v) is 3.28. The Balaban J connectivity index is 1.87. The number of esters is 1. The first-order valence-electron chi connectivity index (χ1n) is 8.73. The van der Waals surface area contributed by atoms with Gasteiger partial charge in [0, 0.05) is 31.1 Å². The Labute approximate surface area is 157 Å². The Morgan fingerprint density at radius 3 is 2.59 bits per heavy atom. The number of amides is 1. The zero-order valence-electron chi connectivity index (χ0n) is 15.9. The van der Waals surface area contributed by atoms with Gasteiger partial charge in [0.1, 0.15) is 0 Å². The maximum absolute atomic E-state index is 13.0. The number of aryl methyl sites for hydroxylation is 1. The second kappa shape index (κ2) is 7.69. The first-order valence-corrected chi connectivity index (χ1v) is 8.73. The summed E-state index contributed by atoms with van der Waals surface area (Å²) in [4.78, 5) is 27.0. The predicted octanol–water partition coefficient (Wildman–Crippen LogP) is 1.81. The third-order valence-corrected chi connectivity index (χ3v) is 4.58. The molecule has 2 heterocycles. The second-order valence-corrected chi connectivity index (χ2v) is 6.16. The zero-order valence-corrected chi connectivity index (χ0v) is 15.9. The molecular weight excluding hydrogens is 350 g/mol.